The molecule has 1 N–H and O–H groups in total. The molecule has 9 nitrogen and oxygen atoms in total. The molecule has 0 spiro atoms. The minimum atomic E-state index is -3.91. The highest BCUT2D eigenvalue weighted by molar-refractivity contribution is 7.89. The van der Waals surface area contributed by atoms with E-state index >= 15 is 0 Å². The van der Waals surface area contributed by atoms with E-state index in [-0.39, 0.29) is 34.8 Å². The van der Waals surface area contributed by atoms with Gasteiger partial charge in [0.15, 0.2) is 0 Å². The highest BCUT2D eigenvalue weighted by Crippen LogP contribution is 2.31. The Morgan fingerprint density at radius 1 is 0.756 bits per heavy atom. The van der Waals surface area contributed by atoms with Gasteiger partial charge in [0, 0.05) is 48.7 Å². The summed E-state index contributed by atoms with van der Waals surface area (Å²) < 4.78 is 58.6. The molecule has 2 heterocycles. The SMILES string of the molecule is O=S(=O)(c1ccc(S(=O)(=O)N(Cc2ccc(Cl)cc2)C2CCCC2)cc1)N(Cc1cncnc1)CC1CCNCC1. The lowest BCUT2D eigenvalue weighted by atomic mass is 9.98. The monoisotopic (exact) mass is 617 g/mol. The van der Waals surface area contributed by atoms with E-state index in [0.29, 0.717) is 17.1 Å². The number of nitrogens with one attached hydrogen (secondary N) is 1. The first-order valence-corrected chi connectivity index (χ1v) is 17.3. The molecule has 3 aromatic rings. The van der Waals surface area contributed by atoms with Crippen molar-refractivity contribution in [2.45, 2.75) is 67.4 Å². The van der Waals surface area contributed by atoms with E-state index in [9.17, 15) is 16.8 Å². The first-order valence-electron chi connectivity index (χ1n) is 14.0. The molecule has 41 heavy (non-hydrogen) atoms. The zero-order chi connectivity index (χ0) is 28.9. The van der Waals surface area contributed by atoms with Crippen molar-refractivity contribution in [3.8, 4) is 0 Å². The summed E-state index contributed by atoms with van der Waals surface area (Å²) in [4.78, 5) is 8.23. The number of nitrogens with zero attached hydrogens (tertiary/aromatic N) is 4. The molecule has 0 unspecified atom stereocenters. The lowest BCUT2D eigenvalue weighted by molar-refractivity contribution is 0.284. The Balaban J connectivity index is 1.41. The van der Waals surface area contributed by atoms with Crippen LogP contribution in [0.5, 0.6) is 0 Å². The van der Waals surface area contributed by atoms with Gasteiger partial charge in [-0.05, 0) is 86.7 Å². The number of aromatic nitrogens is 2. The van der Waals surface area contributed by atoms with E-state index in [2.05, 4.69) is 15.3 Å². The number of rotatable bonds is 11. The van der Waals surface area contributed by atoms with E-state index in [0.717, 1.165) is 57.2 Å². The maximum absolute atomic E-state index is 13.9. The summed E-state index contributed by atoms with van der Waals surface area (Å²) in [5.41, 5.74) is 1.54. The van der Waals surface area contributed by atoms with Crippen LogP contribution in [-0.4, -0.2) is 61.1 Å². The summed E-state index contributed by atoms with van der Waals surface area (Å²) in [5, 5.41) is 3.91. The van der Waals surface area contributed by atoms with Gasteiger partial charge in [-0.15, -0.1) is 0 Å². The van der Waals surface area contributed by atoms with Crippen LogP contribution in [0.4, 0.5) is 0 Å². The first-order chi connectivity index (χ1) is 19.7. The fourth-order valence-electron chi connectivity index (χ4n) is 5.66. The molecular weight excluding hydrogens is 582 g/mol. The van der Waals surface area contributed by atoms with Crippen LogP contribution < -0.4 is 5.32 Å². The molecule has 1 aliphatic heterocycles. The number of piperidine rings is 1. The standard InChI is InChI=1S/C29H36ClN5O4S2/c30-26-7-5-23(6-8-26)21-35(27-3-1-2-4-27)41(38,39)29-11-9-28(10-12-29)40(36,37)34(19-24-13-15-31-16-14-24)20-25-17-32-22-33-18-25/h5-12,17-18,22,24,27,31H,1-4,13-16,19-21H2. The summed E-state index contributed by atoms with van der Waals surface area (Å²) in [6.45, 7) is 2.45. The maximum Gasteiger partial charge on any atom is 0.243 e. The number of hydrogen-bond donors (Lipinski definition) is 1. The van der Waals surface area contributed by atoms with E-state index in [1.54, 1.807) is 28.8 Å². The Hall–Kier alpha value is -2.41. The lowest BCUT2D eigenvalue weighted by Gasteiger charge is -2.30. The van der Waals surface area contributed by atoms with Gasteiger partial charge >= 0.3 is 0 Å². The van der Waals surface area contributed by atoms with Crippen LogP contribution in [0.3, 0.4) is 0 Å². The maximum atomic E-state index is 13.9. The summed E-state index contributed by atoms with van der Waals surface area (Å²) in [7, 11) is -7.79. The molecule has 12 heteroatoms. The number of benzene rings is 2. The molecule has 0 radical (unpaired) electrons. The summed E-state index contributed by atoms with van der Waals surface area (Å²) in [5.74, 6) is 0.225. The van der Waals surface area contributed by atoms with Crippen molar-refractivity contribution < 1.29 is 16.8 Å². The molecule has 0 atom stereocenters. The fourth-order valence-corrected chi connectivity index (χ4v) is 8.96. The summed E-state index contributed by atoms with van der Waals surface area (Å²) >= 11 is 6.04. The lowest BCUT2D eigenvalue weighted by Crippen LogP contribution is -2.39. The van der Waals surface area contributed by atoms with E-state index in [4.69, 9.17) is 11.6 Å². The normalized spacial score (nSPS) is 17.4. The molecule has 220 valence electrons. The minimum Gasteiger partial charge on any atom is -0.317 e. The third-order valence-electron chi connectivity index (χ3n) is 7.95. The van der Waals surface area contributed by atoms with E-state index in [1.807, 2.05) is 12.1 Å². The van der Waals surface area contributed by atoms with Crippen molar-refractivity contribution in [3.63, 3.8) is 0 Å². The topological polar surface area (TPSA) is 113 Å². The summed E-state index contributed by atoms with van der Waals surface area (Å²) in [6, 6.07) is 12.7. The van der Waals surface area contributed by atoms with Gasteiger partial charge < -0.3 is 5.32 Å². The quantitative estimate of drug-likeness (QED) is 0.338. The van der Waals surface area contributed by atoms with Crippen LogP contribution in [0.15, 0.2) is 77.0 Å². The van der Waals surface area contributed by atoms with Crippen molar-refractivity contribution in [2.24, 2.45) is 5.92 Å². The second-order valence-electron chi connectivity index (χ2n) is 10.8. The first kappa shape index (κ1) is 30.1. The van der Waals surface area contributed by atoms with Crippen LogP contribution in [0.25, 0.3) is 0 Å². The van der Waals surface area contributed by atoms with Crippen molar-refractivity contribution in [2.75, 3.05) is 19.6 Å². The Kier molecular flexibility index (Phi) is 9.73. The Bertz CT molecular complexity index is 1490. The average Bonchev–Trinajstić information content (AvgIpc) is 3.52. The predicted molar refractivity (Wildman–Crippen MR) is 158 cm³/mol. The molecule has 1 saturated carbocycles. The molecule has 5 rings (SSSR count). The largest absolute Gasteiger partial charge is 0.317 e. The van der Waals surface area contributed by atoms with Gasteiger partial charge in [0.2, 0.25) is 20.0 Å². The highest BCUT2D eigenvalue weighted by Gasteiger charge is 2.34. The Labute approximate surface area is 248 Å². The molecule has 0 amide bonds. The van der Waals surface area contributed by atoms with E-state index in [1.165, 1.54) is 34.9 Å². The number of halogens is 1. The second-order valence-corrected chi connectivity index (χ2v) is 15.1. The average molecular weight is 618 g/mol. The molecule has 2 aliphatic rings. The van der Waals surface area contributed by atoms with Gasteiger partial charge in [-0.25, -0.2) is 26.8 Å². The smallest absolute Gasteiger partial charge is 0.243 e. The summed E-state index contributed by atoms with van der Waals surface area (Å²) in [6.07, 6.45) is 9.98. The number of hydrogen-bond acceptors (Lipinski definition) is 7. The van der Waals surface area contributed by atoms with Crippen molar-refractivity contribution in [1.29, 1.82) is 0 Å². The molecule has 1 saturated heterocycles. The second kappa shape index (κ2) is 13.3. The zero-order valence-corrected chi connectivity index (χ0v) is 25.3. The van der Waals surface area contributed by atoms with Gasteiger partial charge in [-0.2, -0.15) is 8.61 Å². The highest BCUT2D eigenvalue weighted by atomic mass is 35.5. The van der Waals surface area contributed by atoms with Crippen molar-refractivity contribution in [1.82, 2.24) is 23.9 Å². The molecule has 1 aliphatic carbocycles. The fraction of sp³-hybridized carbons (Fsp3) is 0.448. The van der Waals surface area contributed by atoms with Crippen LogP contribution in [0, 0.1) is 5.92 Å². The molecule has 1 aromatic heterocycles. The van der Waals surface area contributed by atoms with Gasteiger partial charge in [0.05, 0.1) is 9.79 Å². The number of sulfonamides is 2. The molecule has 2 aromatic carbocycles. The Morgan fingerprint density at radius 3 is 1.95 bits per heavy atom. The van der Waals surface area contributed by atoms with E-state index < -0.39 is 20.0 Å². The van der Waals surface area contributed by atoms with Gasteiger partial charge in [0.25, 0.3) is 0 Å². The third kappa shape index (κ3) is 7.33. The van der Waals surface area contributed by atoms with Gasteiger partial charge in [-0.1, -0.05) is 36.6 Å². The molecule has 2 fully saturated rings. The zero-order valence-electron chi connectivity index (χ0n) is 22.9. The molecule has 0 bridgehead atoms. The van der Waals surface area contributed by atoms with Crippen LogP contribution in [0.1, 0.15) is 49.7 Å². The van der Waals surface area contributed by atoms with Crippen LogP contribution >= 0.6 is 11.6 Å². The Morgan fingerprint density at radius 2 is 1.34 bits per heavy atom. The minimum absolute atomic E-state index is 0.0624. The third-order valence-corrected chi connectivity index (χ3v) is 11.9. The van der Waals surface area contributed by atoms with Gasteiger partial charge in [0.1, 0.15) is 6.33 Å². The molecular formula is C29H36ClN5O4S2. The van der Waals surface area contributed by atoms with Crippen LogP contribution in [0.2, 0.25) is 5.02 Å². The van der Waals surface area contributed by atoms with Crippen molar-refractivity contribution >= 4 is 31.6 Å². The van der Waals surface area contributed by atoms with Gasteiger partial charge in [-0.3, -0.25) is 0 Å². The van der Waals surface area contributed by atoms with Crippen LogP contribution in [-0.2, 0) is 33.1 Å². The predicted octanol–water partition coefficient (Wildman–Crippen LogP) is 4.45. The van der Waals surface area contributed by atoms with Crippen molar-refractivity contribution in [3.05, 3.63) is 83.4 Å².